The van der Waals surface area contributed by atoms with E-state index in [1.807, 2.05) is 0 Å². The van der Waals surface area contributed by atoms with Gasteiger partial charge in [0.05, 0.1) is 0 Å². The summed E-state index contributed by atoms with van der Waals surface area (Å²) in [6.07, 6.45) is 6.79. The largest absolute Gasteiger partial charge is 0.338 e. The molecule has 2 N–H and O–H groups in total. The second-order valence-corrected chi connectivity index (χ2v) is 7.49. The van der Waals surface area contributed by atoms with Gasteiger partial charge in [-0.2, -0.15) is 9.97 Å². The molecule has 6 heteroatoms. The molecule has 0 radical (unpaired) electrons. The monoisotopic (exact) mass is 398 g/mol. The maximum absolute atomic E-state index is 4.69. The highest BCUT2D eigenvalue weighted by Gasteiger charge is 2.11. The number of hydrogen-bond acceptors (Lipinski definition) is 6. The van der Waals surface area contributed by atoms with Gasteiger partial charge in [0.2, 0.25) is 5.95 Å². The quantitative estimate of drug-likeness (QED) is 0.406. The number of rotatable bonds is 7. The first-order chi connectivity index (χ1) is 14.6. The second-order valence-electron chi connectivity index (χ2n) is 7.49. The highest BCUT2D eigenvalue weighted by atomic mass is 15.2. The molecule has 0 spiro atoms. The van der Waals surface area contributed by atoms with Crippen molar-refractivity contribution in [2.24, 2.45) is 0 Å². The van der Waals surface area contributed by atoms with Gasteiger partial charge in [0.1, 0.15) is 0 Å². The topological polar surface area (TPSA) is 75.6 Å². The van der Waals surface area contributed by atoms with Gasteiger partial charge in [-0.05, 0) is 56.0 Å². The van der Waals surface area contributed by atoms with Crippen LogP contribution in [0.5, 0.6) is 0 Å². The van der Waals surface area contributed by atoms with E-state index in [4.69, 9.17) is 4.98 Å². The number of aryl methyl sites for hydroxylation is 3. The molecule has 2 heterocycles. The van der Waals surface area contributed by atoms with Crippen LogP contribution in [0.25, 0.3) is 11.2 Å². The average Bonchev–Trinajstić information content (AvgIpc) is 2.75. The van der Waals surface area contributed by atoms with Crippen molar-refractivity contribution in [3.05, 3.63) is 71.5 Å². The molecular weight excluding hydrogens is 372 g/mol. The highest BCUT2D eigenvalue weighted by molar-refractivity contribution is 5.86. The van der Waals surface area contributed by atoms with E-state index in [1.54, 1.807) is 12.4 Å². The first kappa shape index (κ1) is 19.8. The molecule has 152 valence electrons. The number of unbranched alkanes of at least 4 members (excludes halogenated alkanes) is 1. The maximum Gasteiger partial charge on any atom is 0.231 e. The Morgan fingerprint density at radius 1 is 0.867 bits per heavy atom. The van der Waals surface area contributed by atoms with E-state index in [0.717, 1.165) is 23.4 Å². The molecule has 0 saturated heterocycles. The normalized spacial score (nSPS) is 10.9. The van der Waals surface area contributed by atoms with Crippen LogP contribution in [-0.2, 0) is 6.42 Å². The fourth-order valence-corrected chi connectivity index (χ4v) is 3.35. The number of benzene rings is 2. The molecule has 2 aromatic heterocycles. The predicted molar refractivity (Wildman–Crippen MR) is 123 cm³/mol. The van der Waals surface area contributed by atoms with Crippen molar-refractivity contribution < 1.29 is 0 Å². The van der Waals surface area contributed by atoms with Crippen LogP contribution in [0, 0.1) is 13.8 Å². The van der Waals surface area contributed by atoms with E-state index in [0.29, 0.717) is 22.9 Å². The molecule has 0 aliphatic heterocycles. The maximum atomic E-state index is 4.69. The molecular formula is C24H26N6. The lowest BCUT2D eigenvalue weighted by Crippen LogP contribution is -2.05. The number of aromatic nitrogens is 4. The van der Waals surface area contributed by atoms with Crippen LogP contribution < -0.4 is 10.6 Å². The third-order valence-corrected chi connectivity index (χ3v) is 5.00. The van der Waals surface area contributed by atoms with Crippen molar-refractivity contribution in [1.29, 1.82) is 0 Å². The summed E-state index contributed by atoms with van der Waals surface area (Å²) in [5.41, 5.74) is 6.80. The van der Waals surface area contributed by atoms with Crippen LogP contribution in [0.15, 0.2) is 54.9 Å². The summed E-state index contributed by atoms with van der Waals surface area (Å²) >= 11 is 0. The fraction of sp³-hybridized carbons (Fsp3) is 0.250. The summed E-state index contributed by atoms with van der Waals surface area (Å²) in [7, 11) is 0. The first-order valence-corrected chi connectivity index (χ1v) is 10.3. The van der Waals surface area contributed by atoms with Gasteiger partial charge < -0.3 is 10.6 Å². The van der Waals surface area contributed by atoms with Gasteiger partial charge >= 0.3 is 0 Å². The molecule has 0 unspecified atom stereocenters. The second kappa shape index (κ2) is 8.86. The molecule has 0 bridgehead atoms. The molecule has 0 saturated carbocycles. The zero-order valence-corrected chi connectivity index (χ0v) is 17.6. The molecule has 0 aliphatic carbocycles. The van der Waals surface area contributed by atoms with Crippen LogP contribution in [0.3, 0.4) is 0 Å². The molecule has 30 heavy (non-hydrogen) atoms. The summed E-state index contributed by atoms with van der Waals surface area (Å²) in [6.45, 7) is 6.36. The third kappa shape index (κ3) is 4.54. The van der Waals surface area contributed by atoms with Crippen LogP contribution in [0.1, 0.15) is 36.5 Å². The van der Waals surface area contributed by atoms with E-state index in [-0.39, 0.29) is 0 Å². The summed E-state index contributed by atoms with van der Waals surface area (Å²) in [6, 6.07) is 14.7. The molecule has 0 aliphatic rings. The van der Waals surface area contributed by atoms with Crippen molar-refractivity contribution in [3.8, 4) is 0 Å². The minimum absolute atomic E-state index is 0.483. The van der Waals surface area contributed by atoms with Crippen molar-refractivity contribution in [2.75, 3.05) is 10.6 Å². The van der Waals surface area contributed by atoms with Crippen LogP contribution in [-0.4, -0.2) is 19.9 Å². The zero-order chi connectivity index (χ0) is 20.9. The Labute approximate surface area is 176 Å². The van der Waals surface area contributed by atoms with Gasteiger partial charge in [0.15, 0.2) is 17.0 Å². The Hall–Kier alpha value is -3.54. The standard InChI is InChI=1S/C24H26N6/c1-4-5-6-18-8-10-19(11-9-18)27-24-29-22-21(25-13-14-26-22)23(30-24)28-20-12-7-16(2)15-17(20)3/h7-15H,4-6H2,1-3H3,(H2,26,27,28,29,30). The lowest BCUT2D eigenvalue weighted by molar-refractivity contribution is 0.795. The van der Waals surface area contributed by atoms with E-state index in [2.05, 4.69) is 88.8 Å². The minimum atomic E-state index is 0.483. The van der Waals surface area contributed by atoms with Crippen molar-refractivity contribution in [1.82, 2.24) is 19.9 Å². The minimum Gasteiger partial charge on any atom is -0.338 e. The number of nitrogens with one attached hydrogen (secondary N) is 2. The average molecular weight is 399 g/mol. The molecule has 4 rings (SSSR count). The van der Waals surface area contributed by atoms with Crippen molar-refractivity contribution in [2.45, 2.75) is 40.0 Å². The molecule has 0 atom stereocenters. The molecule has 0 amide bonds. The third-order valence-electron chi connectivity index (χ3n) is 5.00. The molecule has 6 nitrogen and oxygen atoms in total. The number of hydrogen-bond donors (Lipinski definition) is 2. The molecule has 2 aromatic carbocycles. The Kier molecular flexibility index (Phi) is 5.84. The van der Waals surface area contributed by atoms with Gasteiger partial charge in [0, 0.05) is 23.8 Å². The summed E-state index contributed by atoms with van der Waals surface area (Å²) in [5.74, 6) is 1.11. The van der Waals surface area contributed by atoms with Gasteiger partial charge in [-0.1, -0.05) is 43.2 Å². The fourth-order valence-electron chi connectivity index (χ4n) is 3.35. The number of nitrogens with zero attached hydrogens (tertiary/aromatic N) is 4. The van der Waals surface area contributed by atoms with Gasteiger partial charge in [0.25, 0.3) is 0 Å². The Bertz CT molecular complexity index is 1150. The van der Waals surface area contributed by atoms with Crippen LogP contribution >= 0.6 is 0 Å². The van der Waals surface area contributed by atoms with Crippen molar-refractivity contribution >= 4 is 34.3 Å². The summed E-state index contributed by atoms with van der Waals surface area (Å²) < 4.78 is 0. The van der Waals surface area contributed by atoms with Gasteiger partial charge in [-0.15, -0.1) is 0 Å². The lowest BCUT2D eigenvalue weighted by atomic mass is 10.1. The SMILES string of the molecule is CCCCc1ccc(Nc2nc(Nc3ccc(C)cc3C)c3nccnc3n2)cc1. The zero-order valence-electron chi connectivity index (χ0n) is 17.6. The predicted octanol–water partition coefficient (Wildman–Crippen LogP) is 5.87. The lowest BCUT2D eigenvalue weighted by Gasteiger charge is -2.13. The Morgan fingerprint density at radius 2 is 1.67 bits per heavy atom. The number of fused-ring (bicyclic) bond motifs is 1. The van der Waals surface area contributed by atoms with Crippen LogP contribution in [0.2, 0.25) is 0 Å². The smallest absolute Gasteiger partial charge is 0.231 e. The Morgan fingerprint density at radius 3 is 2.43 bits per heavy atom. The van der Waals surface area contributed by atoms with Crippen LogP contribution in [0.4, 0.5) is 23.1 Å². The Balaban J connectivity index is 1.64. The van der Waals surface area contributed by atoms with Gasteiger partial charge in [-0.3, -0.25) is 0 Å². The molecule has 4 aromatic rings. The van der Waals surface area contributed by atoms with E-state index >= 15 is 0 Å². The van der Waals surface area contributed by atoms with E-state index < -0.39 is 0 Å². The van der Waals surface area contributed by atoms with E-state index in [1.165, 1.54) is 24.0 Å². The number of anilines is 4. The van der Waals surface area contributed by atoms with Crippen molar-refractivity contribution in [3.63, 3.8) is 0 Å². The summed E-state index contributed by atoms with van der Waals surface area (Å²) in [5, 5.41) is 6.71. The van der Waals surface area contributed by atoms with Gasteiger partial charge in [-0.25, -0.2) is 9.97 Å². The molecule has 0 fully saturated rings. The highest BCUT2D eigenvalue weighted by Crippen LogP contribution is 2.26. The van der Waals surface area contributed by atoms with E-state index in [9.17, 15) is 0 Å². The summed E-state index contributed by atoms with van der Waals surface area (Å²) in [4.78, 5) is 18.0. The first-order valence-electron chi connectivity index (χ1n) is 10.3.